The van der Waals surface area contributed by atoms with Gasteiger partial charge in [0, 0.05) is 0 Å². The summed E-state index contributed by atoms with van der Waals surface area (Å²) in [5.74, 6) is -0.872. The molecule has 1 aliphatic rings. The minimum atomic E-state index is -0.872. The number of aryl methyl sites for hydroxylation is 1. The minimum absolute atomic E-state index is 0.00120. The van der Waals surface area contributed by atoms with E-state index in [0.717, 1.165) is 30.7 Å². The number of aromatic nitrogens is 1. The van der Waals surface area contributed by atoms with Gasteiger partial charge >= 0.3 is 5.97 Å². The van der Waals surface area contributed by atoms with Crippen molar-refractivity contribution in [2.75, 3.05) is 0 Å². The molecule has 4 nitrogen and oxygen atoms in total. The molecule has 1 aliphatic heterocycles. The molecular formula is C12H17NO3S. The SMILES string of the molecule is CCCc1nc(C2CCC(C)O2)sc1C(=O)O. The zero-order chi connectivity index (χ0) is 12.4. The largest absolute Gasteiger partial charge is 0.477 e. The first-order valence-corrected chi connectivity index (χ1v) is 6.81. The summed E-state index contributed by atoms with van der Waals surface area (Å²) in [6.07, 6.45) is 3.85. The van der Waals surface area contributed by atoms with Gasteiger partial charge in [0.15, 0.2) is 0 Å². The van der Waals surface area contributed by atoms with E-state index in [9.17, 15) is 4.79 Å². The average Bonchev–Trinajstić information content (AvgIpc) is 2.85. The summed E-state index contributed by atoms with van der Waals surface area (Å²) in [5, 5.41) is 9.96. The summed E-state index contributed by atoms with van der Waals surface area (Å²) < 4.78 is 5.73. The summed E-state index contributed by atoms with van der Waals surface area (Å²) in [5.41, 5.74) is 0.711. The Morgan fingerprint density at radius 3 is 2.88 bits per heavy atom. The first-order chi connectivity index (χ1) is 8.11. The Kier molecular flexibility index (Phi) is 3.79. The molecule has 0 bridgehead atoms. The molecule has 94 valence electrons. The number of carboxylic acid groups (broad SMARTS) is 1. The standard InChI is InChI=1S/C12H17NO3S/c1-3-4-8-10(12(14)15)17-11(13-8)9-6-5-7(2)16-9/h7,9H,3-6H2,1-2H3,(H,14,15). The molecule has 1 aromatic rings. The van der Waals surface area contributed by atoms with Crippen LogP contribution in [0.25, 0.3) is 0 Å². The molecule has 2 atom stereocenters. The average molecular weight is 255 g/mol. The Hall–Kier alpha value is -0.940. The number of aromatic carboxylic acids is 1. The van der Waals surface area contributed by atoms with Gasteiger partial charge < -0.3 is 9.84 Å². The Labute approximate surface area is 105 Å². The molecule has 0 amide bonds. The molecule has 0 radical (unpaired) electrons. The van der Waals surface area contributed by atoms with Crippen LogP contribution in [-0.2, 0) is 11.2 Å². The van der Waals surface area contributed by atoms with Crippen molar-refractivity contribution in [3.8, 4) is 0 Å². The third kappa shape index (κ3) is 2.66. The van der Waals surface area contributed by atoms with Crippen LogP contribution in [0, 0.1) is 0 Å². The number of nitrogens with zero attached hydrogens (tertiary/aromatic N) is 1. The fraction of sp³-hybridized carbons (Fsp3) is 0.667. The van der Waals surface area contributed by atoms with E-state index in [1.54, 1.807) is 0 Å². The maximum Gasteiger partial charge on any atom is 0.347 e. The van der Waals surface area contributed by atoms with E-state index in [1.807, 2.05) is 13.8 Å². The lowest BCUT2D eigenvalue weighted by atomic mass is 10.2. The molecule has 5 heteroatoms. The zero-order valence-corrected chi connectivity index (χ0v) is 10.9. The topological polar surface area (TPSA) is 59.4 Å². The lowest BCUT2D eigenvalue weighted by Crippen LogP contribution is -2.01. The summed E-state index contributed by atoms with van der Waals surface area (Å²) in [4.78, 5) is 15.9. The van der Waals surface area contributed by atoms with Gasteiger partial charge in [-0.1, -0.05) is 13.3 Å². The first kappa shape index (κ1) is 12.5. The van der Waals surface area contributed by atoms with Gasteiger partial charge in [-0.05, 0) is 26.2 Å². The maximum atomic E-state index is 11.1. The van der Waals surface area contributed by atoms with Gasteiger partial charge in [-0.15, -0.1) is 11.3 Å². The number of hydrogen-bond donors (Lipinski definition) is 1. The van der Waals surface area contributed by atoms with Crippen LogP contribution in [0.1, 0.15) is 59.6 Å². The quantitative estimate of drug-likeness (QED) is 0.898. The monoisotopic (exact) mass is 255 g/mol. The van der Waals surface area contributed by atoms with Crippen LogP contribution in [0.2, 0.25) is 0 Å². The van der Waals surface area contributed by atoms with Crippen LogP contribution in [0.4, 0.5) is 0 Å². The normalized spacial score (nSPS) is 24.1. The molecule has 1 fully saturated rings. The molecule has 0 saturated carbocycles. The van der Waals surface area contributed by atoms with E-state index in [-0.39, 0.29) is 12.2 Å². The third-order valence-corrected chi connectivity index (χ3v) is 4.08. The van der Waals surface area contributed by atoms with Crippen LogP contribution >= 0.6 is 11.3 Å². The molecule has 1 aromatic heterocycles. The zero-order valence-electron chi connectivity index (χ0n) is 10.1. The third-order valence-electron chi connectivity index (χ3n) is 2.90. The molecule has 1 saturated heterocycles. The van der Waals surface area contributed by atoms with Crippen LogP contribution in [0.15, 0.2) is 0 Å². The van der Waals surface area contributed by atoms with Gasteiger partial charge in [-0.25, -0.2) is 9.78 Å². The van der Waals surface area contributed by atoms with Crippen LogP contribution in [-0.4, -0.2) is 22.2 Å². The predicted octanol–water partition coefficient (Wildman–Crippen LogP) is 3.03. The van der Waals surface area contributed by atoms with Crippen molar-refractivity contribution in [3.05, 3.63) is 15.6 Å². The van der Waals surface area contributed by atoms with E-state index < -0.39 is 5.97 Å². The summed E-state index contributed by atoms with van der Waals surface area (Å²) in [6, 6.07) is 0. The lowest BCUT2D eigenvalue weighted by Gasteiger charge is -2.06. The lowest BCUT2D eigenvalue weighted by molar-refractivity contribution is 0.0553. The molecule has 0 aromatic carbocycles. The Balaban J connectivity index is 2.23. The highest BCUT2D eigenvalue weighted by Crippen LogP contribution is 2.36. The smallest absolute Gasteiger partial charge is 0.347 e. The maximum absolute atomic E-state index is 11.1. The predicted molar refractivity (Wildman–Crippen MR) is 65.6 cm³/mol. The van der Waals surface area contributed by atoms with Crippen molar-refractivity contribution < 1.29 is 14.6 Å². The second kappa shape index (κ2) is 5.14. The van der Waals surface area contributed by atoms with Gasteiger partial charge in [0.05, 0.1) is 11.8 Å². The molecule has 1 N–H and O–H groups in total. The molecule has 2 rings (SSSR count). The van der Waals surface area contributed by atoms with E-state index in [0.29, 0.717) is 10.6 Å². The molecule has 0 aliphatic carbocycles. The number of thiazole rings is 1. The second-order valence-electron chi connectivity index (χ2n) is 4.40. The van der Waals surface area contributed by atoms with Crippen molar-refractivity contribution in [3.63, 3.8) is 0 Å². The molecular weight excluding hydrogens is 238 g/mol. The van der Waals surface area contributed by atoms with Gasteiger partial charge in [0.25, 0.3) is 0 Å². The second-order valence-corrected chi connectivity index (χ2v) is 5.43. The fourth-order valence-electron chi connectivity index (χ4n) is 2.07. The number of carbonyl (C=O) groups is 1. The van der Waals surface area contributed by atoms with Crippen molar-refractivity contribution in [1.29, 1.82) is 0 Å². The van der Waals surface area contributed by atoms with Crippen molar-refractivity contribution in [1.82, 2.24) is 4.98 Å². The highest BCUT2D eigenvalue weighted by molar-refractivity contribution is 7.13. The Morgan fingerprint density at radius 1 is 1.59 bits per heavy atom. The molecule has 0 spiro atoms. The number of hydrogen-bond acceptors (Lipinski definition) is 4. The van der Waals surface area contributed by atoms with E-state index >= 15 is 0 Å². The number of carboxylic acids is 1. The Bertz CT molecular complexity index is 416. The number of ether oxygens (including phenoxy) is 1. The minimum Gasteiger partial charge on any atom is -0.477 e. The van der Waals surface area contributed by atoms with Gasteiger partial charge in [-0.3, -0.25) is 0 Å². The molecule has 17 heavy (non-hydrogen) atoms. The molecule has 2 unspecified atom stereocenters. The fourth-order valence-corrected chi connectivity index (χ4v) is 3.09. The first-order valence-electron chi connectivity index (χ1n) is 6.00. The van der Waals surface area contributed by atoms with E-state index in [1.165, 1.54) is 11.3 Å². The summed E-state index contributed by atoms with van der Waals surface area (Å²) in [6.45, 7) is 4.07. The molecule has 2 heterocycles. The highest BCUT2D eigenvalue weighted by Gasteiger charge is 2.28. The summed E-state index contributed by atoms with van der Waals surface area (Å²) >= 11 is 1.27. The van der Waals surface area contributed by atoms with Gasteiger partial charge in [0.2, 0.25) is 0 Å². The van der Waals surface area contributed by atoms with Crippen molar-refractivity contribution >= 4 is 17.3 Å². The summed E-state index contributed by atoms with van der Waals surface area (Å²) in [7, 11) is 0. The van der Waals surface area contributed by atoms with Crippen LogP contribution in [0.5, 0.6) is 0 Å². The van der Waals surface area contributed by atoms with Crippen molar-refractivity contribution in [2.24, 2.45) is 0 Å². The van der Waals surface area contributed by atoms with E-state index in [2.05, 4.69) is 4.98 Å². The van der Waals surface area contributed by atoms with Gasteiger partial charge in [-0.2, -0.15) is 0 Å². The van der Waals surface area contributed by atoms with Gasteiger partial charge in [0.1, 0.15) is 16.0 Å². The highest BCUT2D eigenvalue weighted by atomic mass is 32.1. The van der Waals surface area contributed by atoms with E-state index in [4.69, 9.17) is 9.84 Å². The number of rotatable bonds is 4. The Morgan fingerprint density at radius 2 is 2.35 bits per heavy atom. The van der Waals surface area contributed by atoms with Crippen LogP contribution < -0.4 is 0 Å². The van der Waals surface area contributed by atoms with Crippen molar-refractivity contribution in [2.45, 2.75) is 51.7 Å². The van der Waals surface area contributed by atoms with Crippen LogP contribution in [0.3, 0.4) is 0 Å².